The number of hydrogen-bond acceptors (Lipinski definition) is 2. The molecule has 106 valence electrons. The lowest BCUT2D eigenvalue weighted by molar-refractivity contribution is 0.277. The third-order valence-electron chi connectivity index (χ3n) is 4.19. The fraction of sp³-hybridized carbons (Fsp3) is 0.647. The van der Waals surface area contributed by atoms with Crippen LogP contribution in [0.15, 0.2) is 18.2 Å². The van der Waals surface area contributed by atoms with Gasteiger partial charge in [-0.15, -0.1) is 0 Å². The summed E-state index contributed by atoms with van der Waals surface area (Å²) in [6.07, 6.45) is 0. The highest BCUT2D eigenvalue weighted by atomic mass is 15.3. The predicted molar refractivity (Wildman–Crippen MR) is 84.0 cm³/mol. The molecule has 0 radical (unpaired) electrons. The summed E-state index contributed by atoms with van der Waals surface area (Å²) in [5.74, 6) is 0.657. The van der Waals surface area contributed by atoms with E-state index in [1.807, 2.05) is 0 Å². The number of aryl methyl sites for hydroxylation is 2. The predicted octanol–water partition coefficient (Wildman–Crippen LogP) is 3.52. The Labute approximate surface area is 118 Å². The molecule has 0 saturated carbocycles. The van der Waals surface area contributed by atoms with Crippen LogP contribution in [0.2, 0.25) is 0 Å². The van der Waals surface area contributed by atoms with Gasteiger partial charge in [-0.2, -0.15) is 0 Å². The topological polar surface area (TPSA) is 15.3 Å². The lowest BCUT2D eigenvalue weighted by atomic mass is 9.91. The average molecular weight is 260 g/mol. The molecule has 1 heterocycles. The third-order valence-corrected chi connectivity index (χ3v) is 4.19. The Morgan fingerprint density at radius 1 is 1.26 bits per heavy atom. The molecule has 2 nitrogen and oxygen atoms in total. The molecule has 1 saturated heterocycles. The normalized spacial score (nSPS) is 22.9. The second kappa shape index (κ2) is 5.16. The molecule has 2 heteroatoms. The SMILES string of the molecule is Cc1ccc(N2CC(C)(C)NCC2C(C)C)c(C)c1. The van der Waals surface area contributed by atoms with Crippen molar-refractivity contribution in [1.82, 2.24) is 5.32 Å². The molecule has 2 rings (SSSR count). The maximum atomic E-state index is 3.68. The smallest absolute Gasteiger partial charge is 0.0438 e. The first kappa shape index (κ1) is 14.4. The van der Waals surface area contributed by atoms with Crippen LogP contribution in [0.25, 0.3) is 0 Å². The van der Waals surface area contributed by atoms with Crippen molar-refractivity contribution in [3.8, 4) is 0 Å². The summed E-state index contributed by atoms with van der Waals surface area (Å²) in [6.45, 7) is 15.8. The maximum Gasteiger partial charge on any atom is 0.0438 e. The molecule has 19 heavy (non-hydrogen) atoms. The molecule has 0 aromatic heterocycles. The number of nitrogens with one attached hydrogen (secondary N) is 1. The van der Waals surface area contributed by atoms with Gasteiger partial charge < -0.3 is 10.2 Å². The molecule has 1 fully saturated rings. The van der Waals surface area contributed by atoms with Gasteiger partial charge in [-0.25, -0.2) is 0 Å². The molecule has 0 bridgehead atoms. The number of benzene rings is 1. The molecule has 0 amide bonds. The van der Waals surface area contributed by atoms with Crippen molar-refractivity contribution in [1.29, 1.82) is 0 Å². The largest absolute Gasteiger partial charge is 0.365 e. The van der Waals surface area contributed by atoms with Gasteiger partial charge in [0, 0.05) is 30.4 Å². The van der Waals surface area contributed by atoms with Crippen molar-refractivity contribution in [2.45, 2.75) is 53.1 Å². The minimum absolute atomic E-state index is 0.183. The Kier molecular flexibility index (Phi) is 3.91. The summed E-state index contributed by atoms with van der Waals surface area (Å²) in [6, 6.07) is 7.40. The van der Waals surface area contributed by atoms with Crippen molar-refractivity contribution in [2.24, 2.45) is 5.92 Å². The summed E-state index contributed by atoms with van der Waals surface area (Å²) >= 11 is 0. The van der Waals surface area contributed by atoms with Crippen molar-refractivity contribution in [3.05, 3.63) is 29.3 Å². The molecule has 1 atom stereocenters. The summed E-state index contributed by atoms with van der Waals surface area (Å²) in [4.78, 5) is 2.61. The summed E-state index contributed by atoms with van der Waals surface area (Å²) in [7, 11) is 0. The van der Waals surface area contributed by atoms with Gasteiger partial charge in [-0.05, 0) is 45.2 Å². The average Bonchev–Trinajstić information content (AvgIpc) is 2.27. The Balaban J connectivity index is 2.36. The van der Waals surface area contributed by atoms with E-state index in [9.17, 15) is 0 Å². The first-order chi connectivity index (χ1) is 8.80. The van der Waals surface area contributed by atoms with Crippen molar-refractivity contribution in [3.63, 3.8) is 0 Å². The van der Waals surface area contributed by atoms with Gasteiger partial charge in [-0.1, -0.05) is 31.5 Å². The van der Waals surface area contributed by atoms with Crippen LogP contribution < -0.4 is 10.2 Å². The van der Waals surface area contributed by atoms with E-state index in [0.717, 1.165) is 13.1 Å². The zero-order valence-electron chi connectivity index (χ0n) is 13.2. The minimum Gasteiger partial charge on any atom is -0.365 e. The van der Waals surface area contributed by atoms with Gasteiger partial charge in [0.25, 0.3) is 0 Å². The van der Waals surface area contributed by atoms with Crippen LogP contribution in [-0.2, 0) is 0 Å². The second-order valence-electron chi connectivity index (χ2n) is 6.99. The van der Waals surface area contributed by atoms with Crippen LogP contribution in [0.3, 0.4) is 0 Å². The third kappa shape index (κ3) is 3.11. The molecule has 1 aliphatic rings. The minimum atomic E-state index is 0.183. The first-order valence-electron chi connectivity index (χ1n) is 7.39. The fourth-order valence-corrected chi connectivity index (χ4v) is 3.08. The molecule has 1 aliphatic heterocycles. The lowest BCUT2D eigenvalue weighted by Crippen LogP contribution is -2.63. The first-order valence-corrected chi connectivity index (χ1v) is 7.39. The van der Waals surface area contributed by atoms with Crippen LogP contribution in [0, 0.1) is 19.8 Å². The quantitative estimate of drug-likeness (QED) is 0.875. The van der Waals surface area contributed by atoms with Gasteiger partial charge in [0.15, 0.2) is 0 Å². The van der Waals surface area contributed by atoms with Gasteiger partial charge >= 0.3 is 0 Å². The van der Waals surface area contributed by atoms with Gasteiger partial charge in [0.2, 0.25) is 0 Å². The zero-order valence-corrected chi connectivity index (χ0v) is 13.2. The number of nitrogens with zero attached hydrogens (tertiary/aromatic N) is 1. The number of rotatable bonds is 2. The van der Waals surface area contributed by atoms with Crippen LogP contribution in [-0.4, -0.2) is 24.7 Å². The summed E-state index contributed by atoms with van der Waals surface area (Å²) < 4.78 is 0. The molecule has 0 aliphatic carbocycles. The molecular formula is C17H28N2. The van der Waals surface area contributed by atoms with Crippen LogP contribution >= 0.6 is 0 Å². The van der Waals surface area contributed by atoms with Crippen LogP contribution in [0.5, 0.6) is 0 Å². The van der Waals surface area contributed by atoms with E-state index in [1.54, 1.807) is 0 Å². The molecule has 1 aromatic carbocycles. The highest BCUT2D eigenvalue weighted by Crippen LogP contribution is 2.29. The van der Waals surface area contributed by atoms with Crippen molar-refractivity contribution >= 4 is 5.69 Å². The van der Waals surface area contributed by atoms with Gasteiger partial charge in [-0.3, -0.25) is 0 Å². The van der Waals surface area contributed by atoms with E-state index < -0.39 is 0 Å². The summed E-state index contributed by atoms with van der Waals surface area (Å²) in [5.41, 5.74) is 4.32. The van der Waals surface area contributed by atoms with Crippen LogP contribution in [0.1, 0.15) is 38.8 Å². The summed E-state index contributed by atoms with van der Waals surface area (Å²) in [5, 5.41) is 3.68. The molecule has 1 unspecified atom stereocenters. The standard InChI is InChI=1S/C17H28N2/c1-12(2)16-10-18-17(5,6)11-19(16)15-8-7-13(3)9-14(15)4/h7-9,12,16,18H,10-11H2,1-6H3. The molecular weight excluding hydrogens is 232 g/mol. The number of hydrogen-bond donors (Lipinski definition) is 1. The molecule has 1 N–H and O–H groups in total. The van der Waals surface area contributed by atoms with Gasteiger partial charge in [0.05, 0.1) is 0 Å². The lowest BCUT2D eigenvalue weighted by Gasteiger charge is -2.48. The van der Waals surface area contributed by atoms with Crippen molar-refractivity contribution < 1.29 is 0 Å². The van der Waals surface area contributed by atoms with E-state index in [1.165, 1.54) is 16.8 Å². The zero-order chi connectivity index (χ0) is 14.2. The molecule has 1 aromatic rings. The Bertz CT molecular complexity index is 449. The fourth-order valence-electron chi connectivity index (χ4n) is 3.08. The van der Waals surface area contributed by atoms with Crippen molar-refractivity contribution in [2.75, 3.05) is 18.0 Å². The Hall–Kier alpha value is -1.02. The van der Waals surface area contributed by atoms with E-state index >= 15 is 0 Å². The number of piperazine rings is 1. The van der Waals surface area contributed by atoms with E-state index in [2.05, 4.69) is 70.0 Å². The molecule has 0 spiro atoms. The van der Waals surface area contributed by atoms with Crippen LogP contribution in [0.4, 0.5) is 5.69 Å². The van der Waals surface area contributed by atoms with E-state index in [4.69, 9.17) is 0 Å². The highest BCUT2D eigenvalue weighted by Gasteiger charge is 2.34. The number of anilines is 1. The van der Waals surface area contributed by atoms with E-state index in [-0.39, 0.29) is 5.54 Å². The Morgan fingerprint density at radius 2 is 1.95 bits per heavy atom. The second-order valence-corrected chi connectivity index (χ2v) is 6.99. The van der Waals surface area contributed by atoms with Gasteiger partial charge in [0.1, 0.15) is 0 Å². The highest BCUT2D eigenvalue weighted by molar-refractivity contribution is 5.56. The Morgan fingerprint density at radius 3 is 2.53 bits per heavy atom. The monoisotopic (exact) mass is 260 g/mol. The van der Waals surface area contributed by atoms with E-state index in [0.29, 0.717) is 12.0 Å². The maximum absolute atomic E-state index is 3.68.